The van der Waals surface area contributed by atoms with E-state index in [0.29, 0.717) is 11.6 Å². The van der Waals surface area contributed by atoms with Crippen LogP contribution < -0.4 is 10.6 Å². The third-order valence-corrected chi connectivity index (χ3v) is 5.80. The Bertz CT molecular complexity index is 738. The molecule has 2 atom stereocenters. The average molecular weight is 391 g/mol. The summed E-state index contributed by atoms with van der Waals surface area (Å²) in [5, 5.41) is 11.1. The quantitative estimate of drug-likeness (QED) is 0.846. The van der Waals surface area contributed by atoms with Crippen molar-refractivity contribution in [2.24, 2.45) is 0 Å². The molecule has 1 aliphatic rings. The summed E-state index contributed by atoms with van der Waals surface area (Å²) in [5.74, 6) is -0.0170. The minimum Gasteiger partial charge on any atom is -0.348 e. The molecule has 0 bridgehead atoms. The molecule has 3 rings (SSSR count). The number of hydrogen-bond donors (Lipinski definition) is 2. The van der Waals surface area contributed by atoms with Gasteiger partial charge in [0.05, 0.1) is 21.5 Å². The normalized spacial score (nSPS) is 20.8. The molecule has 1 aromatic heterocycles. The number of halogens is 1. The van der Waals surface area contributed by atoms with Crippen molar-refractivity contribution >= 4 is 21.8 Å². The lowest BCUT2D eigenvalue weighted by molar-refractivity contribution is 0.0920. The van der Waals surface area contributed by atoms with Crippen LogP contribution in [0.2, 0.25) is 0 Å². The first kappa shape index (κ1) is 17.2. The summed E-state index contributed by atoms with van der Waals surface area (Å²) in [4.78, 5) is 12.5. The smallest absolute Gasteiger partial charge is 0.251 e. The molecule has 2 aromatic rings. The molecular formula is C18H23BrN4O. The van der Waals surface area contributed by atoms with E-state index < -0.39 is 0 Å². The lowest BCUT2D eigenvalue weighted by Crippen LogP contribution is -2.51. The minimum absolute atomic E-state index is 0.0170. The molecule has 0 spiro atoms. The van der Waals surface area contributed by atoms with E-state index in [4.69, 9.17) is 0 Å². The highest BCUT2D eigenvalue weighted by Crippen LogP contribution is 2.23. The molecule has 1 amide bonds. The van der Waals surface area contributed by atoms with Crippen LogP contribution in [0.25, 0.3) is 5.69 Å². The summed E-state index contributed by atoms with van der Waals surface area (Å²) in [6.45, 7) is 7.13. The first-order valence-corrected chi connectivity index (χ1v) is 9.13. The molecule has 5 nitrogen and oxygen atoms in total. The van der Waals surface area contributed by atoms with Crippen molar-refractivity contribution in [2.45, 2.75) is 45.7 Å². The van der Waals surface area contributed by atoms with Crippen LogP contribution in [0.4, 0.5) is 0 Å². The SMILES string of the molecule is Cc1nn(-c2ccc(C(=O)NC3CCCNC3C)cc2)c(C)c1Br. The van der Waals surface area contributed by atoms with Gasteiger partial charge in [-0.25, -0.2) is 4.68 Å². The van der Waals surface area contributed by atoms with Gasteiger partial charge in [-0.15, -0.1) is 0 Å². The van der Waals surface area contributed by atoms with Gasteiger partial charge in [-0.05, 0) is 80.4 Å². The van der Waals surface area contributed by atoms with E-state index in [1.165, 1.54) is 0 Å². The van der Waals surface area contributed by atoms with E-state index in [1.54, 1.807) is 0 Å². The maximum Gasteiger partial charge on any atom is 0.251 e. The molecule has 0 aliphatic carbocycles. The fraction of sp³-hybridized carbons (Fsp3) is 0.444. The number of benzene rings is 1. The number of hydrogen-bond acceptors (Lipinski definition) is 3. The molecular weight excluding hydrogens is 368 g/mol. The van der Waals surface area contributed by atoms with Crippen molar-refractivity contribution in [1.82, 2.24) is 20.4 Å². The Morgan fingerprint density at radius 3 is 2.62 bits per heavy atom. The number of nitrogens with zero attached hydrogens (tertiary/aromatic N) is 2. The summed E-state index contributed by atoms with van der Waals surface area (Å²) < 4.78 is 2.90. The van der Waals surface area contributed by atoms with Gasteiger partial charge in [-0.2, -0.15) is 5.10 Å². The van der Waals surface area contributed by atoms with Crippen molar-refractivity contribution in [3.63, 3.8) is 0 Å². The Morgan fingerprint density at radius 1 is 1.33 bits per heavy atom. The lowest BCUT2D eigenvalue weighted by Gasteiger charge is -2.30. The zero-order valence-electron chi connectivity index (χ0n) is 14.3. The van der Waals surface area contributed by atoms with E-state index in [1.807, 2.05) is 42.8 Å². The number of carbonyl (C=O) groups excluding carboxylic acids is 1. The van der Waals surface area contributed by atoms with Crippen LogP contribution in [0.3, 0.4) is 0 Å². The van der Waals surface area contributed by atoms with E-state index in [-0.39, 0.29) is 11.9 Å². The van der Waals surface area contributed by atoms with Crippen molar-refractivity contribution in [3.8, 4) is 5.69 Å². The average Bonchev–Trinajstić information content (AvgIpc) is 2.84. The van der Waals surface area contributed by atoms with Crippen LogP contribution in [-0.4, -0.2) is 34.3 Å². The standard InChI is InChI=1S/C18H23BrN4O/c1-11-16(5-4-10-20-11)21-18(24)14-6-8-15(9-7-14)23-13(3)17(19)12(2)22-23/h6-9,11,16,20H,4-5,10H2,1-3H3,(H,21,24). The molecule has 1 fully saturated rings. The van der Waals surface area contributed by atoms with Crippen LogP contribution in [0.15, 0.2) is 28.7 Å². The number of piperidine rings is 1. The Hall–Kier alpha value is -1.66. The van der Waals surface area contributed by atoms with Gasteiger partial charge in [0.1, 0.15) is 0 Å². The van der Waals surface area contributed by atoms with Crippen LogP contribution >= 0.6 is 15.9 Å². The highest BCUT2D eigenvalue weighted by atomic mass is 79.9. The van der Waals surface area contributed by atoms with Crippen LogP contribution in [-0.2, 0) is 0 Å². The van der Waals surface area contributed by atoms with Gasteiger partial charge < -0.3 is 10.6 Å². The predicted molar refractivity (Wildman–Crippen MR) is 98.7 cm³/mol. The van der Waals surface area contributed by atoms with Crippen molar-refractivity contribution in [1.29, 1.82) is 0 Å². The van der Waals surface area contributed by atoms with E-state index in [9.17, 15) is 4.79 Å². The summed E-state index contributed by atoms with van der Waals surface area (Å²) in [5.41, 5.74) is 3.63. The van der Waals surface area contributed by atoms with Gasteiger partial charge >= 0.3 is 0 Å². The molecule has 6 heteroatoms. The second-order valence-electron chi connectivity index (χ2n) is 6.41. The monoisotopic (exact) mass is 390 g/mol. The third-order valence-electron chi connectivity index (χ3n) is 4.66. The molecule has 0 saturated carbocycles. The Morgan fingerprint density at radius 2 is 2.04 bits per heavy atom. The van der Waals surface area contributed by atoms with Crippen molar-refractivity contribution < 1.29 is 4.79 Å². The number of aromatic nitrogens is 2. The summed E-state index contributed by atoms with van der Waals surface area (Å²) in [6, 6.07) is 8.09. The van der Waals surface area contributed by atoms with Gasteiger partial charge in [-0.1, -0.05) is 0 Å². The summed E-state index contributed by atoms with van der Waals surface area (Å²) in [6.07, 6.45) is 2.12. The van der Waals surface area contributed by atoms with Crippen LogP contribution in [0, 0.1) is 13.8 Å². The molecule has 2 N–H and O–H groups in total. The highest BCUT2D eigenvalue weighted by molar-refractivity contribution is 9.10. The number of nitrogens with one attached hydrogen (secondary N) is 2. The van der Waals surface area contributed by atoms with E-state index in [2.05, 4.69) is 38.6 Å². The third kappa shape index (κ3) is 3.39. The summed E-state index contributed by atoms with van der Waals surface area (Å²) in [7, 11) is 0. The molecule has 1 saturated heterocycles. The molecule has 0 radical (unpaired) electrons. The molecule has 128 valence electrons. The molecule has 2 unspecified atom stereocenters. The van der Waals surface area contributed by atoms with Gasteiger partial charge in [0.25, 0.3) is 5.91 Å². The van der Waals surface area contributed by atoms with E-state index in [0.717, 1.165) is 40.9 Å². The van der Waals surface area contributed by atoms with E-state index >= 15 is 0 Å². The van der Waals surface area contributed by atoms with Gasteiger partial charge in [0.15, 0.2) is 0 Å². The van der Waals surface area contributed by atoms with Crippen LogP contribution in [0.1, 0.15) is 41.5 Å². The number of rotatable bonds is 3. The first-order valence-electron chi connectivity index (χ1n) is 8.34. The van der Waals surface area contributed by atoms with Crippen molar-refractivity contribution in [2.75, 3.05) is 6.54 Å². The zero-order chi connectivity index (χ0) is 17.3. The fourth-order valence-electron chi connectivity index (χ4n) is 3.12. The zero-order valence-corrected chi connectivity index (χ0v) is 15.9. The maximum absolute atomic E-state index is 12.5. The largest absolute Gasteiger partial charge is 0.348 e. The Labute approximate surface area is 151 Å². The maximum atomic E-state index is 12.5. The molecule has 2 heterocycles. The topological polar surface area (TPSA) is 59.0 Å². The van der Waals surface area contributed by atoms with Gasteiger partial charge in [0, 0.05) is 17.6 Å². The fourth-order valence-corrected chi connectivity index (χ4v) is 3.37. The Balaban J connectivity index is 1.74. The first-order chi connectivity index (χ1) is 11.5. The number of aryl methyl sites for hydroxylation is 1. The van der Waals surface area contributed by atoms with Gasteiger partial charge in [0.2, 0.25) is 0 Å². The predicted octanol–water partition coefficient (Wildman–Crippen LogP) is 3.12. The van der Waals surface area contributed by atoms with Crippen molar-refractivity contribution in [3.05, 3.63) is 45.7 Å². The van der Waals surface area contributed by atoms with Crippen LogP contribution in [0.5, 0.6) is 0 Å². The lowest BCUT2D eigenvalue weighted by atomic mass is 9.99. The number of amides is 1. The second-order valence-corrected chi connectivity index (χ2v) is 7.20. The summed E-state index contributed by atoms with van der Waals surface area (Å²) >= 11 is 3.54. The number of carbonyl (C=O) groups is 1. The minimum atomic E-state index is -0.0170. The molecule has 1 aliphatic heterocycles. The highest BCUT2D eigenvalue weighted by Gasteiger charge is 2.22. The molecule has 1 aromatic carbocycles. The van der Waals surface area contributed by atoms with Gasteiger partial charge in [-0.3, -0.25) is 4.79 Å². The second kappa shape index (κ2) is 7.07. The Kier molecular flexibility index (Phi) is 5.06. The molecule has 24 heavy (non-hydrogen) atoms.